The number of aliphatic hydroxyl groups is 3. The topological polar surface area (TPSA) is 232 Å². The second kappa shape index (κ2) is 35.1. The van der Waals surface area contributed by atoms with E-state index >= 15 is 0 Å². The number of rotatable bonds is 35. The Bertz CT molecular complexity index is 1470. The number of carboxylic acids is 1. The van der Waals surface area contributed by atoms with Gasteiger partial charge in [-0.15, -0.1) is 0 Å². The lowest BCUT2D eigenvalue weighted by Gasteiger charge is -2.20. The smallest absolute Gasteiger partial charge is 0.472 e. The summed E-state index contributed by atoms with van der Waals surface area (Å²) < 4.78 is 32.5. The van der Waals surface area contributed by atoms with Crippen molar-refractivity contribution >= 4 is 25.7 Å². The van der Waals surface area contributed by atoms with Crippen molar-refractivity contribution in [2.75, 3.05) is 19.8 Å². The molecule has 346 valence electrons. The molecule has 0 aromatic heterocycles. The molecule has 61 heavy (non-hydrogen) atoms. The van der Waals surface area contributed by atoms with Gasteiger partial charge in [-0.1, -0.05) is 131 Å². The third-order valence-electron chi connectivity index (χ3n) is 9.73. The number of nitrogens with two attached hydrogens (primary N) is 1. The zero-order valence-electron chi connectivity index (χ0n) is 36.3. The van der Waals surface area contributed by atoms with E-state index in [1.54, 1.807) is 24.3 Å². The van der Waals surface area contributed by atoms with Gasteiger partial charge in [0.25, 0.3) is 0 Å². The third kappa shape index (κ3) is 29.5. The quantitative estimate of drug-likeness (QED) is 0.0154. The van der Waals surface area contributed by atoms with Gasteiger partial charge in [-0.05, 0) is 63.7 Å². The van der Waals surface area contributed by atoms with Crippen molar-refractivity contribution in [3.05, 3.63) is 85.1 Å². The Morgan fingerprint density at radius 1 is 0.738 bits per heavy atom. The fourth-order valence-electron chi connectivity index (χ4n) is 6.19. The second-order valence-corrected chi connectivity index (χ2v) is 16.6. The molecule has 15 heteroatoms. The molecule has 1 rings (SSSR count). The summed E-state index contributed by atoms with van der Waals surface area (Å²) in [7, 11) is -4.82. The number of aliphatic carboxylic acids is 1. The number of esters is 2. The summed E-state index contributed by atoms with van der Waals surface area (Å²) in [5.41, 5.74) is 5.32. The monoisotopic (exact) mass is 879 g/mol. The zero-order valence-corrected chi connectivity index (χ0v) is 37.2. The van der Waals surface area contributed by atoms with Crippen molar-refractivity contribution in [1.82, 2.24) is 0 Å². The van der Waals surface area contributed by atoms with E-state index < -0.39 is 76.0 Å². The Morgan fingerprint density at radius 3 is 1.92 bits per heavy atom. The average molecular weight is 880 g/mol. The molecule has 1 fully saturated rings. The minimum Gasteiger partial charge on any atom is -0.480 e. The molecule has 7 N–H and O–H groups in total. The third-order valence-corrected chi connectivity index (χ3v) is 10.7. The van der Waals surface area contributed by atoms with E-state index in [-0.39, 0.29) is 31.1 Å². The summed E-state index contributed by atoms with van der Waals surface area (Å²) in [4.78, 5) is 46.2. The van der Waals surface area contributed by atoms with Crippen LogP contribution < -0.4 is 5.73 Å². The largest absolute Gasteiger partial charge is 0.480 e. The fourth-order valence-corrected chi connectivity index (χ4v) is 6.97. The molecule has 0 aromatic carbocycles. The molecule has 0 bridgehead atoms. The molecule has 0 saturated heterocycles. The van der Waals surface area contributed by atoms with Crippen LogP contribution in [0.5, 0.6) is 0 Å². The van der Waals surface area contributed by atoms with E-state index in [2.05, 4.69) is 60.9 Å². The molecule has 0 aliphatic heterocycles. The number of hydrogen-bond donors (Lipinski definition) is 6. The second-order valence-electron chi connectivity index (χ2n) is 15.1. The van der Waals surface area contributed by atoms with E-state index in [0.717, 1.165) is 44.9 Å². The van der Waals surface area contributed by atoms with Crippen LogP contribution in [0, 0.1) is 11.8 Å². The van der Waals surface area contributed by atoms with Crippen molar-refractivity contribution in [1.29, 1.82) is 0 Å². The maximum atomic E-state index is 12.7. The molecule has 1 aliphatic rings. The first-order valence-corrected chi connectivity index (χ1v) is 23.4. The van der Waals surface area contributed by atoms with Gasteiger partial charge in [0, 0.05) is 18.8 Å². The number of carbonyl (C=O) groups excluding carboxylic acids is 2. The van der Waals surface area contributed by atoms with Crippen molar-refractivity contribution < 1.29 is 62.8 Å². The van der Waals surface area contributed by atoms with Gasteiger partial charge < -0.3 is 40.5 Å². The molecule has 0 spiro atoms. The normalized spacial score (nSPS) is 21.2. The van der Waals surface area contributed by atoms with Gasteiger partial charge in [-0.25, -0.2) is 4.57 Å². The van der Waals surface area contributed by atoms with E-state index in [1.165, 1.54) is 19.3 Å². The van der Waals surface area contributed by atoms with Crippen molar-refractivity contribution in [3.63, 3.8) is 0 Å². The first-order chi connectivity index (χ1) is 29.3. The predicted molar refractivity (Wildman–Crippen MR) is 237 cm³/mol. The van der Waals surface area contributed by atoms with Gasteiger partial charge in [0.2, 0.25) is 0 Å². The highest BCUT2D eigenvalue weighted by Gasteiger charge is 2.39. The van der Waals surface area contributed by atoms with E-state index in [9.17, 15) is 39.2 Å². The molecule has 0 amide bonds. The molecule has 1 unspecified atom stereocenters. The first-order valence-electron chi connectivity index (χ1n) is 21.9. The summed E-state index contributed by atoms with van der Waals surface area (Å²) in [5.74, 6) is -3.52. The van der Waals surface area contributed by atoms with Gasteiger partial charge in [-0.3, -0.25) is 23.4 Å². The average Bonchev–Trinajstić information content (AvgIpc) is 3.49. The number of hydrogen-bond acceptors (Lipinski definition) is 12. The maximum absolute atomic E-state index is 12.7. The molecule has 0 heterocycles. The van der Waals surface area contributed by atoms with Crippen LogP contribution >= 0.6 is 7.82 Å². The summed E-state index contributed by atoms with van der Waals surface area (Å²) in [6.45, 7) is 2.24. The van der Waals surface area contributed by atoms with Crippen LogP contribution in [0.3, 0.4) is 0 Å². The molecule has 1 saturated carbocycles. The Hall–Kier alpha value is -3.46. The molecule has 14 nitrogen and oxygen atoms in total. The van der Waals surface area contributed by atoms with E-state index in [0.29, 0.717) is 25.7 Å². The summed E-state index contributed by atoms with van der Waals surface area (Å²) >= 11 is 0. The van der Waals surface area contributed by atoms with Crippen LogP contribution in [0.4, 0.5) is 0 Å². The highest BCUT2D eigenvalue weighted by Crippen LogP contribution is 2.43. The molecule has 8 atom stereocenters. The van der Waals surface area contributed by atoms with Crippen LogP contribution in [-0.2, 0) is 37.5 Å². The van der Waals surface area contributed by atoms with Gasteiger partial charge in [0.15, 0.2) is 6.10 Å². The number of carboxylic acid groups (broad SMARTS) is 1. The molecular formula is C46H74NO13P. The zero-order chi connectivity index (χ0) is 45.1. The standard InChI is InChI=1S/C46H74NO13P/c1-3-5-7-8-9-10-11-12-13-14-15-16-17-18-19-20-21-22-24-30-45(52)60-38(35-58-61(55,56)59-36-41(47)46(53)54)34-57-44(51)29-26-25-28-39-40(43(50)33-42(39)49)32-31-37(48)27-23-6-4-2/h9-10,12-13,15-16,18-19,21-22,25-26,31-32,37-43,48-50H,3-8,11,14,17,20,23-24,27-30,33-36,47H2,1-2H3,(H,53,54)(H,55,56)/b10-9-,13-12-,16-15-,19-18-,22-21-,26-25-,32-31+/t37-,38-,39+,40-,41+,42+,43-/m1/s1. The van der Waals surface area contributed by atoms with Gasteiger partial charge in [0.1, 0.15) is 12.6 Å². The summed E-state index contributed by atoms with van der Waals surface area (Å²) in [6, 6.07) is -1.58. The van der Waals surface area contributed by atoms with Crippen LogP contribution in [0.1, 0.15) is 123 Å². The first kappa shape index (κ1) is 55.6. The minimum atomic E-state index is -4.82. The number of unbranched alkanes of at least 4 members (excludes halogenated alkanes) is 5. The molecule has 0 radical (unpaired) electrons. The lowest BCUT2D eigenvalue weighted by atomic mass is 9.89. The van der Waals surface area contributed by atoms with Gasteiger partial charge >= 0.3 is 25.7 Å². The fraction of sp³-hybridized carbons (Fsp3) is 0.630. The maximum Gasteiger partial charge on any atom is 0.472 e. The van der Waals surface area contributed by atoms with Crippen LogP contribution in [0.15, 0.2) is 85.1 Å². The SMILES string of the molecule is CCCCC/C=C\C/C=C\C/C=C\C/C=C\C/C=C\CCC(=O)O[C@H](COC(=O)C/C=C\C[C@H]1[C@@H](/C=C/[C@H](O)CCCCC)[C@H](O)C[C@@H]1O)COP(=O)(O)OC[C@H](N)C(=O)O. The molecular weight excluding hydrogens is 805 g/mol. The highest BCUT2D eigenvalue weighted by molar-refractivity contribution is 7.47. The van der Waals surface area contributed by atoms with Crippen LogP contribution in [-0.4, -0.2) is 93.5 Å². The minimum absolute atomic E-state index is 0.0330. The number of carbonyl (C=O) groups is 3. The van der Waals surface area contributed by atoms with E-state index in [4.69, 9.17) is 24.8 Å². The molecule has 0 aromatic rings. The summed E-state index contributed by atoms with van der Waals surface area (Å²) in [6.07, 6.45) is 36.6. The Kier molecular flexibility index (Phi) is 31.9. The van der Waals surface area contributed by atoms with Crippen molar-refractivity contribution in [3.8, 4) is 0 Å². The van der Waals surface area contributed by atoms with Gasteiger partial charge in [0.05, 0.1) is 37.9 Å². The lowest BCUT2D eigenvalue weighted by molar-refractivity contribution is -0.160. The summed E-state index contributed by atoms with van der Waals surface area (Å²) in [5, 5.41) is 40.2. The number of ether oxygens (including phenoxy) is 2. The Labute approximate surface area is 363 Å². The Balaban J connectivity index is 2.60. The molecule has 1 aliphatic carbocycles. The van der Waals surface area contributed by atoms with Crippen molar-refractivity contribution in [2.45, 2.75) is 153 Å². The number of phosphoric acid groups is 1. The highest BCUT2D eigenvalue weighted by atomic mass is 31.2. The number of aliphatic hydroxyl groups excluding tert-OH is 3. The number of allylic oxidation sites excluding steroid dienone is 11. The van der Waals surface area contributed by atoms with Crippen LogP contribution in [0.2, 0.25) is 0 Å². The number of phosphoric ester groups is 1. The van der Waals surface area contributed by atoms with Gasteiger partial charge in [-0.2, -0.15) is 0 Å². The van der Waals surface area contributed by atoms with Crippen molar-refractivity contribution in [2.24, 2.45) is 17.6 Å². The van der Waals surface area contributed by atoms with Crippen LogP contribution in [0.25, 0.3) is 0 Å². The predicted octanol–water partition coefficient (Wildman–Crippen LogP) is 7.88. The van der Waals surface area contributed by atoms with E-state index in [1.807, 2.05) is 18.2 Å². The lowest BCUT2D eigenvalue weighted by Crippen LogP contribution is -2.34. The Morgan fingerprint density at radius 2 is 1.31 bits per heavy atom.